The van der Waals surface area contributed by atoms with Crippen LogP contribution in [0.1, 0.15) is 47.7 Å². The molecule has 0 aliphatic carbocycles. The summed E-state index contributed by atoms with van der Waals surface area (Å²) in [7, 11) is 0. The molecule has 2 rings (SSSR count). The third-order valence-electron chi connectivity index (χ3n) is 3.14. The average Bonchev–Trinajstić information content (AvgIpc) is 2.23. The Morgan fingerprint density at radius 2 is 2.13 bits per heavy atom. The summed E-state index contributed by atoms with van der Waals surface area (Å²) in [5.74, 6) is 0.141. The van der Waals surface area contributed by atoms with Crippen LogP contribution in [-0.2, 0) is 4.74 Å². The first-order valence-corrected chi connectivity index (χ1v) is 5.45. The van der Waals surface area contributed by atoms with E-state index >= 15 is 0 Å². The number of benzene rings is 1. The molecule has 0 fully saturated rings. The Kier molecular flexibility index (Phi) is 2.51. The van der Waals surface area contributed by atoms with Gasteiger partial charge in [0.1, 0.15) is 6.10 Å². The number of carbonyl (C=O) groups excluding carboxylic acids is 1. The zero-order valence-electron chi connectivity index (χ0n) is 9.41. The van der Waals surface area contributed by atoms with Gasteiger partial charge in [0.15, 0.2) is 0 Å². The number of cyclic esters (lactones) is 1. The average molecular weight is 204 g/mol. The van der Waals surface area contributed by atoms with Crippen LogP contribution in [-0.4, -0.2) is 12.1 Å². The second-order valence-corrected chi connectivity index (χ2v) is 4.23. The molecule has 1 aliphatic rings. The molecule has 2 heteroatoms. The standard InChI is InChI=1S/C13H16O2/c1-4-12-9(3)10-6-5-8(2)7-11(10)13(14)15-12/h5-7,9,12H,4H2,1-3H3/t9-,12-/m1/s1. The second kappa shape index (κ2) is 3.69. The molecule has 1 aromatic rings. The fourth-order valence-corrected chi connectivity index (χ4v) is 2.18. The summed E-state index contributed by atoms with van der Waals surface area (Å²) in [5, 5.41) is 0. The van der Waals surface area contributed by atoms with Gasteiger partial charge in [-0.3, -0.25) is 0 Å². The third kappa shape index (κ3) is 1.65. The van der Waals surface area contributed by atoms with Gasteiger partial charge >= 0.3 is 5.97 Å². The van der Waals surface area contributed by atoms with Gasteiger partial charge < -0.3 is 4.74 Å². The van der Waals surface area contributed by atoms with Crippen molar-refractivity contribution in [3.8, 4) is 0 Å². The van der Waals surface area contributed by atoms with Crippen molar-refractivity contribution in [1.29, 1.82) is 0 Å². The highest BCUT2D eigenvalue weighted by atomic mass is 16.5. The fraction of sp³-hybridized carbons (Fsp3) is 0.462. The molecule has 2 nitrogen and oxygen atoms in total. The number of esters is 1. The van der Waals surface area contributed by atoms with E-state index in [0.717, 1.165) is 23.1 Å². The quantitative estimate of drug-likeness (QED) is 0.657. The minimum absolute atomic E-state index is 0.0349. The number of fused-ring (bicyclic) bond motifs is 1. The zero-order chi connectivity index (χ0) is 11.0. The number of rotatable bonds is 1. The molecular formula is C13H16O2. The predicted octanol–water partition coefficient (Wildman–Crippen LogP) is 3.05. The molecule has 0 N–H and O–H groups in total. The minimum atomic E-state index is -0.168. The maximum atomic E-state index is 11.7. The zero-order valence-corrected chi connectivity index (χ0v) is 9.41. The van der Waals surface area contributed by atoms with Gasteiger partial charge in [-0.05, 0) is 25.0 Å². The Morgan fingerprint density at radius 1 is 1.40 bits per heavy atom. The van der Waals surface area contributed by atoms with E-state index in [0.29, 0.717) is 5.92 Å². The first kappa shape index (κ1) is 10.2. The molecule has 0 spiro atoms. The van der Waals surface area contributed by atoms with E-state index in [2.05, 4.69) is 19.1 Å². The Hall–Kier alpha value is -1.31. The van der Waals surface area contributed by atoms with Crippen LogP contribution < -0.4 is 0 Å². The largest absolute Gasteiger partial charge is 0.458 e. The molecule has 0 radical (unpaired) electrons. The van der Waals surface area contributed by atoms with Gasteiger partial charge in [-0.15, -0.1) is 0 Å². The maximum Gasteiger partial charge on any atom is 0.338 e. The molecule has 0 bridgehead atoms. The summed E-state index contributed by atoms with van der Waals surface area (Å²) in [4.78, 5) is 11.7. The van der Waals surface area contributed by atoms with Crippen LogP contribution in [0.2, 0.25) is 0 Å². The van der Waals surface area contributed by atoms with Crippen molar-refractivity contribution < 1.29 is 9.53 Å². The van der Waals surface area contributed by atoms with E-state index in [-0.39, 0.29) is 12.1 Å². The van der Waals surface area contributed by atoms with Gasteiger partial charge in [0.25, 0.3) is 0 Å². The highest BCUT2D eigenvalue weighted by Crippen LogP contribution is 2.32. The van der Waals surface area contributed by atoms with E-state index < -0.39 is 0 Å². The Bertz CT molecular complexity index is 396. The maximum absolute atomic E-state index is 11.7. The van der Waals surface area contributed by atoms with Gasteiger partial charge in [0, 0.05) is 5.92 Å². The predicted molar refractivity (Wildman–Crippen MR) is 59.1 cm³/mol. The van der Waals surface area contributed by atoms with Crippen LogP contribution in [0, 0.1) is 6.92 Å². The number of hydrogen-bond acceptors (Lipinski definition) is 2. The van der Waals surface area contributed by atoms with E-state index in [1.807, 2.05) is 19.9 Å². The summed E-state index contributed by atoms with van der Waals surface area (Å²) in [6, 6.07) is 6.03. The summed E-state index contributed by atoms with van der Waals surface area (Å²) in [6.45, 7) is 6.16. The van der Waals surface area contributed by atoms with Gasteiger partial charge in [-0.25, -0.2) is 4.79 Å². The van der Waals surface area contributed by atoms with Gasteiger partial charge in [-0.1, -0.05) is 31.5 Å². The van der Waals surface area contributed by atoms with Crippen molar-refractivity contribution in [2.45, 2.75) is 39.2 Å². The molecule has 0 saturated carbocycles. The smallest absolute Gasteiger partial charge is 0.338 e. The number of hydrogen-bond donors (Lipinski definition) is 0. The molecule has 0 aromatic heterocycles. The van der Waals surface area contributed by atoms with Crippen LogP contribution in [0.25, 0.3) is 0 Å². The van der Waals surface area contributed by atoms with E-state index in [4.69, 9.17) is 4.74 Å². The third-order valence-corrected chi connectivity index (χ3v) is 3.14. The summed E-state index contributed by atoms with van der Waals surface area (Å²) < 4.78 is 5.39. The summed E-state index contributed by atoms with van der Waals surface area (Å²) in [6.07, 6.45) is 0.910. The van der Waals surface area contributed by atoms with Crippen molar-refractivity contribution in [3.05, 3.63) is 34.9 Å². The minimum Gasteiger partial charge on any atom is -0.458 e. The molecule has 80 valence electrons. The molecule has 0 unspecified atom stereocenters. The molecule has 0 saturated heterocycles. The lowest BCUT2D eigenvalue weighted by Crippen LogP contribution is -2.30. The van der Waals surface area contributed by atoms with Crippen molar-refractivity contribution in [2.24, 2.45) is 0 Å². The molecule has 0 amide bonds. The van der Waals surface area contributed by atoms with Crippen molar-refractivity contribution in [3.63, 3.8) is 0 Å². The molecular weight excluding hydrogens is 188 g/mol. The Morgan fingerprint density at radius 3 is 2.80 bits per heavy atom. The molecule has 1 aromatic carbocycles. The Labute approximate surface area is 90.3 Å². The first-order valence-electron chi connectivity index (χ1n) is 5.45. The van der Waals surface area contributed by atoms with Crippen LogP contribution in [0.15, 0.2) is 18.2 Å². The first-order chi connectivity index (χ1) is 7.13. The van der Waals surface area contributed by atoms with Crippen molar-refractivity contribution >= 4 is 5.97 Å². The number of carbonyl (C=O) groups is 1. The van der Waals surface area contributed by atoms with Crippen molar-refractivity contribution in [2.75, 3.05) is 0 Å². The molecule has 1 aliphatic heterocycles. The molecule has 2 atom stereocenters. The van der Waals surface area contributed by atoms with Gasteiger partial charge in [0.05, 0.1) is 5.56 Å². The van der Waals surface area contributed by atoms with Crippen LogP contribution in [0.4, 0.5) is 0 Å². The van der Waals surface area contributed by atoms with Crippen LogP contribution >= 0.6 is 0 Å². The Balaban J connectivity index is 2.49. The van der Waals surface area contributed by atoms with Crippen molar-refractivity contribution in [1.82, 2.24) is 0 Å². The topological polar surface area (TPSA) is 26.3 Å². The fourth-order valence-electron chi connectivity index (χ4n) is 2.18. The highest BCUT2D eigenvalue weighted by molar-refractivity contribution is 5.92. The number of aryl methyl sites for hydroxylation is 1. The lowest BCUT2D eigenvalue weighted by Gasteiger charge is -2.30. The molecule has 1 heterocycles. The van der Waals surface area contributed by atoms with E-state index in [1.54, 1.807) is 0 Å². The van der Waals surface area contributed by atoms with E-state index in [9.17, 15) is 4.79 Å². The van der Waals surface area contributed by atoms with Gasteiger partial charge in [-0.2, -0.15) is 0 Å². The summed E-state index contributed by atoms with van der Waals surface area (Å²) in [5.41, 5.74) is 2.98. The second-order valence-electron chi connectivity index (χ2n) is 4.23. The SMILES string of the molecule is CC[C@H]1OC(=O)c2cc(C)ccc2[C@H]1C. The van der Waals surface area contributed by atoms with E-state index in [1.165, 1.54) is 0 Å². The highest BCUT2D eigenvalue weighted by Gasteiger charge is 2.31. The molecule has 15 heavy (non-hydrogen) atoms. The van der Waals surface area contributed by atoms with Crippen LogP contribution in [0.3, 0.4) is 0 Å². The normalized spacial score (nSPS) is 24.6. The summed E-state index contributed by atoms with van der Waals surface area (Å²) >= 11 is 0. The van der Waals surface area contributed by atoms with Crippen LogP contribution in [0.5, 0.6) is 0 Å². The monoisotopic (exact) mass is 204 g/mol. The lowest BCUT2D eigenvalue weighted by molar-refractivity contribution is 0.0181. The van der Waals surface area contributed by atoms with Gasteiger partial charge in [0.2, 0.25) is 0 Å². The lowest BCUT2D eigenvalue weighted by atomic mass is 9.87. The number of ether oxygens (including phenoxy) is 1.